The Labute approximate surface area is 102 Å². The van der Waals surface area contributed by atoms with Gasteiger partial charge in [-0.3, -0.25) is 4.79 Å². The van der Waals surface area contributed by atoms with Crippen LogP contribution in [-0.4, -0.2) is 5.78 Å². The van der Waals surface area contributed by atoms with E-state index in [9.17, 15) is 4.79 Å². The summed E-state index contributed by atoms with van der Waals surface area (Å²) in [5.74, 6) is 0.351. The third kappa shape index (κ3) is 2.59. The molecule has 4 heteroatoms. The van der Waals surface area contributed by atoms with Crippen molar-refractivity contribution in [2.45, 2.75) is 26.7 Å². The van der Waals surface area contributed by atoms with Gasteiger partial charge in [0.2, 0.25) is 0 Å². The van der Waals surface area contributed by atoms with Crippen LogP contribution in [0, 0.1) is 5.92 Å². The number of hydrogen-bond donors (Lipinski definition) is 0. The van der Waals surface area contributed by atoms with Crippen molar-refractivity contribution in [2.24, 2.45) is 5.92 Å². The number of carbonyl (C=O) groups excluding carboxylic acids is 1. The molecule has 0 N–H and O–H groups in total. The van der Waals surface area contributed by atoms with Gasteiger partial charge in [0.25, 0.3) is 0 Å². The molecule has 0 aliphatic carbocycles. The number of halogens is 2. The van der Waals surface area contributed by atoms with Crippen molar-refractivity contribution in [1.29, 1.82) is 0 Å². The zero-order valence-electron chi connectivity index (χ0n) is 8.14. The Hall–Kier alpha value is 0.140. The molecule has 0 saturated carbocycles. The molecule has 1 aromatic heterocycles. The Bertz CT molecular complexity index is 311. The van der Waals surface area contributed by atoms with E-state index in [4.69, 9.17) is 11.6 Å². The summed E-state index contributed by atoms with van der Waals surface area (Å²) >= 11 is 10.5. The molecule has 0 saturated heterocycles. The summed E-state index contributed by atoms with van der Waals surface area (Å²) in [5.41, 5.74) is 0. The van der Waals surface area contributed by atoms with E-state index in [0.717, 1.165) is 22.2 Å². The molecule has 0 aliphatic rings. The Kier molecular flexibility index (Phi) is 4.61. The van der Waals surface area contributed by atoms with Gasteiger partial charge in [-0.25, -0.2) is 0 Å². The first kappa shape index (κ1) is 12.2. The van der Waals surface area contributed by atoms with Crippen LogP contribution in [0.15, 0.2) is 10.5 Å². The third-order valence-electron chi connectivity index (χ3n) is 2.24. The largest absolute Gasteiger partial charge is 0.293 e. The van der Waals surface area contributed by atoms with Crippen LogP contribution in [0.3, 0.4) is 0 Å². The second kappa shape index (κ2) is 5.29. The maximum absolute atomic E-state index is 11.9. The van der Waals surface area contributed by atoms with Crippen LogP contribution in [0.5, 0.6) is 0 Å². The van der Waals surface area contributed by atoms with E-state index >= 15 is 0 Å². The summed E-state index contributed by atoms with van der Waals surface area (Å²) in [6.07, 6.45) is 1.78. The first-order chi connectivity index (χ1) is 6.60. The molecule has 1 nitrogen and oxygen atoms in total. The molecular formula is C10H12BrClOS. The van der Waals surface area contributed by atoms with Gasteiger partial charge in [-0.05, 0) is 34.8 Å². The van der Waals surface area contributed by atoms with Crippen LogP contribution < -0.4 is 0 Å². The highest BCUT2D eigenvalue weighted by atomic mass is 79.9. The quantitative estimate of drug-likeness (QED) is 0.730. The molecule has 1 aromatic rings. The van der Waals surface area contributed by atoms with Gasteiger partial charge in [-0.15, -0.1) is 11.3 Å². The summed E-state index contributed by atoms with van der Waals surface area (Å²) in [6.45, 7) is 4.08. The summed E-state index contributed by atoms with van der Waals surface area (Å²) < 4.78 is 1.47. The fourth-order valence-corrected chi connectivity index (χ4v) is 3.05. The van der Waals surface area contributed by atoms with Crippen LogP contribution in [-0.2, 0) is 0 Å². The van der Waals surface area contributed by atoms with Gasteiger partial charge in [0.1, 0.15) is 4.34 Å². The van der Waals surface area contributed by atoms with Gasteiger partial charge in [0.15, 0.2) is 5.78 Å². The zero-order chi connectivity index (χ0) is 10.7. The number of thiophene rings is 1. The van der Waals surface area contributed by atoms with E-state index in [1.54, 1.807) is 0 Å². The van der Waals surface area contributed by atoms with Crippen molar-refractivity contribution < 1.29 is 4.79 Å². The van der Waals surface area contributed by atoms with Crippen molar-refractivity contribution in [2.75, 3.05) is 0 Å². The molecule has 0 aliphatic heterocycles. The zero-order valence-corrected chi connectivity index (χ0v) is 11.3. The lowest BCUT2D eigenvalue weighted by Crippen LogP contribution is -2.11. The molecule has 0 amide bonds. The molecule has 0 bridgehead atoms. The van der Waals surface area contributed by atoms with Crippen LogP contribution in [0.4, 0.5) is 0 Å². The van der Waals surface area contributed by atoms with Gasteiger partial charge in [0, 0.05) is 10.4 Å². The average Bonchev–Trinajstić information content (AvgIpc) is 2.49. The van der Waals surface area contributed by atoms with Crippen molar-refractivity contribution in [3.05, 3.63) is 19.8 Å². The first-order valence-electron chi connectivity index (χ1n) is 4.59. The van der Waals surface area contributed by atoms with E-state index in [2.05, 4.69) is 15.9 Å². The topological polar surface area (TPSA) is 17.1 Å². The van der Waals surface area contributed by atoms with E-state index in [0.29, 0.717) is 4.34 Å². The summed E-state index contributed by atoms with van der Waals surface area (Å²) in [6, 6.07) is 1.81. The predicted octanol–water partition coefficient (Wildman–Crippen LogP) is 4.78. The minimum absolute atomic E-state index is 0.136. The SMILES string of the molecule is CCC(CC)C(=O)c1cc(Br)c(Cl)s1. The fraction of sp³-hybridized carbons (Fsp3) is 0.500. The molecule has 0 radical (unpaired) electrons. The molecule has 0 spiro atoms. The van der Waals surface area contributed by atoms with Crippen molar-refractivity contribution in [1.82, 2.24) is 0 Å². The Morgan fingerprint density at radius 1 is 1.57 bits per heavy atom. The van der Waals surface area contributed by atoms with Crippen molar-refractivity contribution in [3.8, 4) is 0 Å². The molecule has 0 unspecified atom stereocenters. The summed E-state index contributed by atoms with van der Waals surface area (Å²) in [4.78, 5) is 12.7. The molecule has 14 heavy (non-hydrogen) atoms. The lowest BCUT2D eigenvalue weighted by molar-refractivity contribution is 0.0917. The molecule has 0 fully saturated rings. The maximum atomic E-state index is 11.9. The second-order valence-corrected chi connectivity index (χ2v) is 5.62. The lowest BCUT2D eigenvalue weighted by Gasteiger charge is -2.08. The molecule has 0 aromatic carbocycles. The molecule has 1 rings (SSSR count). The number of Topliss-reactive ketones (excluding diaryl/α,β-unsaturated/α-hetero) is 1. The second-order valence-electron chi connectivity index (χ2n) is 3.11. The van der Waals surface area contributed by atoms with Crippen LogP contribution in [0.25, 0.3) is 0 Å². The van der Waals surface area contributed by atoms with Crippen molar-refractivity contribution in [3.63, 3.8) is 0 Å². The van der Waals surface area contributed by atoms with E-state index in [-0.39, 0.29) is 11.7 Å². The highest BCUT2D eigenvalue weighted by Crippen LogP contribution is 2.33. The minimum Gasteiger partial charge on any atom is -0.293 e. The normalized spacial score (nSPS) is 10.9. The highest BCUT2D eigenvalue weighted by molar-refractivity contribution is 9.10. The number of carbonyl (C=O) groups is 1. The van der Waals surface area contributed by atoms with Gasteiger partial charge >= 0.3 is 0 Å². The maximum Gasteiger partial charge on any atom is 0.175 e. The van der Waals surface area contributed by atoms with E-state index in [1.807, 2.05) is 19.9 Å². The third-order valence-corrected chi connectivity index (χ3v) is 4.73. The van der Waals surface area contributed by atoms with E-state index < -0.39 is 0 Å². The average molecular weight is 296 g/mol. The minimum atomic E-state index is 0.136. The predicted molar refractivity (Wildman–Crippen MR) is 65.4 cm³/mol. The van der Waals surface area contributed by atoms with Crippen molar-refractivity contribution >= 4 is 44.7 Å². The smallest absolute Gasteiger partial charge is 0.175 e. The number of hydrogen-bond acceptors (Lipinski definition) is 2. The molecule has 1 heterocycles. The molecule has 0 atom stereocenters. The van der Waals surface area contributed by atoms with Crippen LogP contribution in [0.2, 0.25) is 4.34 Å². The molecule has 78 valence electrons. The standard InChI is InChI=1S/C10H12BrClOS/c1-3-6(4-2)9(13)8-5-7(11)10(12)14-8/h5-6H,3-4H2,1-2H3. The van der Waals surface area contributed by atoms with Crippen LogP contribution in [0.1, 0.15) is 36.4 Å². The monoisotopic (exact) mass is 294 g/mol. The molecular weight excluding hydrogens is 284 g/mol. The Morgan fingerprint density at radius 2 is 2.14 bits per heavy atom. The van der Waals surface area contributed by atoms with Gasteiger partial charge in [-0.2, -0.15) is 0 Å². The number of rotatable bonds is 4. The Balaban J connectivity index is 2.88. The summed E-state index contributed by atoms with van der Waals surface area (Å²) in [5, 5.41) is 0. The van der Waals surface area contributed by atoms with Gasteiger partial charge in [0.05, 0.1) is 4.88 Å². The highest BCUT2D eigenvalue weighted by Gasteiger charge is 2.19. The fourth-order valence-electron chi connectivity index (χ4n) is 1.33. The van der Waals surface area contributed by atoms with Crippen LogP contribution >= 0.6 is 38.9 Å². The van der Waals surface area contributed by atoms with Gasteiger partial charge in [-0.1, -0.05) is 25.4 Å². The number of ketones is 1. The summed E-state index contributed by atoms with van der Waals surface area (Å²) in [7, 11) is 0. The Morgan fingerprint density at radius 3 is 2.50 bits per heavy atom. The van der Waals surface area contributed by atoms with Gasteiger partial charge < -0.3 is 0 Å². The first-order valence-corrected chi connectivity index (χ1v) is 6.57. The lowest BCUT2D eigenvalue weighted by atomic mass is 9.97. The van der Waals surface area contributed by atoms with E-state index in [1.165, 1.54) is 11.3 Å².